The van der Waals surface area contributed by atoms with E-state index in [4.69, 9.17) is 25.8 Å². The Hall–Kier alpha value is -2.66. The molecule has 5 nitrogen and oxygen atoms in total. The molecule has 1 N–H and O–H groups in total. The van der Waals surface area contributed by atoms with Crippen molar-refractivity contribution in [2.75, 3.05) is 25.6 Å². The van der Waals surface area contributed by atoms with E-state index in [9.17, 15) is 4.79 Å². The lowest BCUT2D eigenvalue weighted by Gasteiger charge is -2.13. The highest BCUT2D eigenvalue weighted by Crippen LogP contribution is 2.30. The summed E-state index contributed by atoms with van der Waals surface area (Å²) >= 11 is 5.99. The molecule has 0 fully saturated rings. The predicted octanol–water partition coefficient (Wildman–Crippen LogP) is 4.80. The number of nitrogens with one attached hydrogen (secondary N) is 1. The average Bonchev–Trinajstić information content (AvgIpc) is 2.63. The van der Waals surface area contributed by atoms with Crippen LogP contribution in [0.1, 0.15) is 19.4 Å². The highest BCUT2D eigenvalue weighted by Gasteiger charge is 2.11. The Morgan fingerprint density at radius 2 is 1.88 bits per heavy atom. The number of rotatable bonds is 8. The Bertz CT molecular complexity index is 789. The van der Waals surface area contributed by atoms with Gasteiger partial charge in [-0.25, -0.2) is 0 Å². The molecule has 0 heterocycles. The highest BCUT2D eigenvalue weighted by molar-refractivity contribution is 6.31. The van der Waals surface area contributed by atoms with E-state index in [1.54, 1.807) is 31.4 Å². The molecule has 0 spiro atoms. The first-order valence-electron chi connectivity index (χ1n) is 8.23. The van der Waals surface area contributed by atoms with Crippen LogP contribution in [0.5, 0.6) is 17.2 Å². The van der Waals surface area contributed by atoms with Crippen LogP contribution in [0.3, 0.4) is 0 Å². The lowest BCUT2D eigenvalue weighted by Crippen LogP contribution is -2.20. The lowest BCUT2D eigenvalue weighted by molar-refractivity contribution is -0.118. The topological polar surface area (TPSA) is 56.8 Å². The molecular formula is C20H22ClNO4. The number of ether oxygens (including phenoxy) is 3. The molecule has 138 valence electrons. The van der Waals surface area contributed by atoms with Crippen LogP contribution in [-0.4, -0.2) is 26.2 Å². The maximum atomic E-state index is 12.2. The minimum Gasteiger partial charge on any atom is -0.493 e. The third-order valence-corrected chi connectivity index (χ3v) is 3.66. The molecular weight excluding hydrogens is 354 g/mol. The Balaban J connectivity index is 2.04. The zero-order valence-corrected chi connectivity index (χ0v) is 15.8. The number of carbonyl (C=O) groups is 1. The van der Waals surface area contributed by atoms with Gasteiger partial charge in [-0.15, -0.1) is 0 Å². The molecule has 0 aliphatic heterocycles. The largest absolute Gasteiger partial charge is 0.493 e. The van der Waals surface area contributed by atoms with Gasteiger partial charge in [-0.1, -0.05) is 29.8 Å². The zero-order valence-electron chi connectivity index (χ0n) is 15.0. The number of methoxy groups -OCH3 is 1. The van der Waals surface area contributed by atoms with Gasteiger partial charge in [-0.05, 0) is 49.7 Å². The molecule has 0 aromatic heterocycles. The third kappa shape index (κ3) is 5.43. The molecule has 0 saturated carbocycles. The van der Waals surface area contributed by atoms with Crippen LogP contribution in [0.2, 0.25) is 5.02 Å². The molecule has 6 heteroatoms. The first kappa shape index (κ1) is 19.7. The number of amides is 1. The molecule has 0 saturated heterocycles. The van der Waals surface area contributed by atoms with Crippen molar-refractivity contribution in [1.82, 2.24) is 0 Å². The van der Waals surface area contributed by atoms with Crippen molar-refractivity contribution in [3.05, 3.63) is 53.1 Å². The van der Waals surface area contributed by atoms with Gasteiger partial charge >= 0.3 is 0 Å². The molecule has 0 unspecified atom stereocenters. The second-order valence-electron chi connectivity index (χ2n) is 5.32. The molecule has 0 aliphatic rings. The van der Waals surface area contributed by atoms with Gasteiger partial charge in [0.05, 0.1) is 19.4 Å². The van der Waals surface area contributed by atoms with Gasteiger partial charge in [0.25, 0.3) is 5.91 Å². The standard InChI is InChI=1S/C20H22ClNO4/c1-4-6-14-7-9-18(19(11-14)24-3)26-13-20(23)22-16-12-15(21)8-10-17(16)25-5-2/h4,6-12H,5,13H2,1-3H3,(H,22,23). The fourth-order valence-corrected chi connectivity index (χ4v) is 2.48. The van der Waals surface area contributed by atoms with Gasteiger partial charge in [0.1, 0.15) is 5.75 Å². The van der Waals surface area contributed by atoms with E-state index in [-0.39, 0.29) is 12.5 Å². The quantitative estimate of drug-likeness (QED) is 0.720. The highest BCUT2D eigenvalue weighted by atomic mass is 35.5. The molecule has 2 aromatic rings. The number of anilines is 1. The van der Waals surface area contributed by atoms with Crippen LogP contribution in [0.15, 0.2) is 42.5 Å². The van der Waals surface area contributed by atoms with Crippen molar-refractivity contribution in [2.45, 2.75) is 13.8 Å². The number of allylic oxidation sites excluding steroid dienone is 1. The van der Waals surface area contributed by atoms with Gasteiger partial charge in [-0.2, -0.15) is 0 Å². The molecule has 0 radical (unpaired) electrons. The van der Waals surface area contributed by atoms with Crippen LogP contribution < -0.4 is 19.5 Å². The maximum absolute atomic E-state index is 12.2. The fourth-order valence-electron chi connectivity index (χ4n) is 2.31. The second kappa shape index (κ2) is 9.73. The summed E-state index contributed by atoms with van der Waals surface area (Å²) in [4.78, 5) is 12.2. The monoisotopic (exact) mass is 375 g/mol. The number of hydrogen-bond acceptors (Lipinski definition) is 4. The van der Waals surface area contributed by atoms with Crippen molar-refractivity contribution < 1.29 is 19.0 Å². The van der Waals surface area contributed by atoms with Gasteiger partial charge in [-0.3, -0.25) is 4.79 Å². The van der Waals surface area contributed by atoms with Crippen LogP contribution in [0, 0.1) is 0 Å². The number of halogens is 1. The first-order chi connectivity index (χ1) is 12.6. The Labute approximate surface area is 158 Å². The predicted molar refractivity (Wildman–Crippen MR) is 104 cm³/mol. The van der Waals surface area contributed by atoms with Gasteiger partial charge in [0.2, 0.25) is 0 Å². The van der Waals surface area contributed by atoms with Crippen LogP contribution in [0.25, 0.3) is 6.08 Å². The van der Waals surface area contributed by atoms with Crippen molar-refractivity contribution in [2.24, 2.45) is 0 Å². The molecule has 0 atom stereocenters. The van der Waals surface area contributed by atoms with E-state index < -0.39 is 0 Å². The normalized spacial score (nSPS) is 10.6. The minimum atomic E-state index is -0.326. The Morgan fingerprint density at radius 3 is 2.58 bits per heavy atom. The molecule has 2 aromatic carbocycles. The van der Waals surface area contributed by atoms with Crippen LogP contribution in [-0.2, 0) is 4.79 Å². The summed E-state index contributed by atoms with van der Waals surface area (Å²) in [7, 11) is 1.56. The van der Waals surface area contributed by atoms with E-state index in [2.05, 4.69) is 5.32 Å². The Kier molecular flexibility index (Phi) is 7.36. The smallest absolute Gasteiger partial charge is 0.262 e. The van der Waals surface area contributed by atoms with Gasteiger partial charge < -0.3 is 19.5 Å². The van der Waals surface area contributed by atoms with Gasteiger partial charge in [0, 0.05) is 5.02 Å². The number of hydrogen-bond donors (Lipinski definition) is 1. The van der Waals surface area contributed by atoms with Crippen molar-refractivity contribution in [3.8, 4) is 17.2 Å². The van der Waals surface area contributed by atoms with E-state index in [0.717, 1.165) is 5.56 Å². The molecule has 1 amide bonds. The average molecular weight is 376 g/mol. The van der Waals surface area contributed by atoms with Crippen LogP contribution >= 0.6 is 11.6 Å². The zero-order chi connectivity index (χ0) is 18.9. The van der Waals surface area contributed by atoms with Crippen molar-refractivity contribution in [1.29, 1.82) is 0 Å². The lowest BCUT2D eigenvalue weighted by atomic mass is 10.2. The summed E-state index contributed by atoms with van der Waals surface area (Å²) in [6.45, 7) is 4.12. The van der Waals surface area contributed by atoms with E-state index in [1.165, 1.54) is 0 Å². The first-order valence-corrected chi connectivity index (χ1v) is 8.61. The van der Waals surface area contributed by atoms with Crippen molar-refractivity contribution in [3.63, 3.8) is 0 Å². The SMILES string of the molecule is CC=Cc1ccc(OCC(=O)Nc2cc(Cl)ccc2OCC)c(OC)c1. The minimum absolute atomic E-state index is 0.169. The van der Waals surface area contributed by atoms with Gasteiger partial charge in [0.15, 0.2) is 18.1 Å². The summed E-state index contributed by atoms with van der Waals surface area (Å²) in [5, 5.41) is 3.26. The summed E-state index contributed by atoms with van der Waals surface area (Å²) in [6.07, 6.45) is 3.89. The summed E-state index contributed by atoms with van der Waals surface area (Å²) < 4.78 is 16.4. The number of benzene rings is 2. The molecule has 26 heavy (non-hydrogen) atoms. The Morgan fingerprint density at radius 1 is 1.12 bits per heavy atom. The maximum Gasteiger partial charge on any atom is 0.262 e. The molecule has 0 bridgehead atoms. The summed E-state index contributed by atoms with van der Waals surface area (Å²) in [5.74, 6) is 1.28. The van der Waals surface area contributed by atoms with Crippen molar-refractivity contribution >= 4 is 29.3 Å². The van der Waals surface area contributed by atoms with E-state index >= 15 is 0 Å². The fraction of sp³-hybridized carbons (Fsp3) is 0.250. The molecule has 0 aliphatic carbocycles. The van der Waals surface area contributed by atoms with Crippen LogP contribution in [0.4, 0.5) is 5.69 Å². The summed E-state index contributed by atoms with van der Waals surface area (Å²) in [6, 6.07) is 10.6. The second-order valence-corrected chi connectivity index (χ2v) is 5.76. The summed E-state index contributed by atoms with van der Waals surface area (Å²) in [5.41, 5.74) is 1.49. The number of carbonyl (C=O) groups excluding carboxylic acids is 1. The van der Waals surface area contributed by atoms with E-state index in [1.807, 2.05) is 38.1 Å². The molecule has 2 rings (SSSR count). The third-order valence-electron chi connectivity index (χ3n) is 3.42. The van der Waals surface area contributed by atoms with E-state index in [0.29, 0.717) is 34.6 Å².